The van der Waals surface area contributed by atoms with Crippen molar-refractivity contribution in [2.45, 2.75) is 26.7 Å². The van der Waals surface area contributed by atoms with Crippen LogP contribution in [0.5, 0.6) is 0 Å². The fourth-order valence-corrected chi connectivity index (χ4v) is 3.14. The van der Waals surface area contributed by atoms with Crippen molar-refractivity contribution in [3.05, 3.63) is 30.1 Å². The van der Waals surface area contributed by atoms with Crippen LogP contribution in [-0.4, -0.2) is 78.9 Å². The summed E-state index contributed by atoms with van der Waals surface area (Å²) in [5.74, 6) is -0.244. The van der Waals surface area contributed by atoms with Gasteiger partial charge in [0.15, 0.2) is 0 Å². The first-order valence-corrected chi connectivity index (χ1v) is 9.79. The minimum Gasteiger partial charge on any atom is -0.342 e. The van der Waals surface area contributed by atoms with Crippen molar-refractivity contribution in [1.29, 1.82) is 0 Å². The molecule has 0 aliphatic carbocycles. The molecule has 1 N–H and O–H groups in total. The third kappa shape index (κ3) is 7.27. The van der Waals surface area contributed by atoms with Gasteiger partial charge in [0, 0.05) is 45.0 Å². The van der Waals surface area contributed by atoms with Crippen LogP contribution in [-0.2, 0) is 9.59 Å². The van der Waals surface area contributed by atoms with E-state index in [-0.39, 0.29) is 17.6 Å². The number of halogens is 1. The van der Waals surface area contributed by atoms with Crippen molar-refractivity contribution in [3.8, 4) is 0 Å². The minimum atomic E-state index is -0.324. The van der Waals surface area contributed by atoms with Gasteiger partial charge in [-0.2, -0.15) is 0 Å². The smallest absolute Gasteiger partial charge is 0.238 e. The van der Waals surface area contributed by atoms with Gasteiger partial charge >= 0.3 is 0 Å². The standard InChI is InChI=1S/C20H31FN4O2/c1-3-5-10-25(4-2)20(27)16-24-13-11-23(12-14-24)15-19(26)22-18-8-6-17(21)7-9-18/h6-9H,3-5,10-16H2,1-2H3,(H,22,26). The number of anilines is 1. The molecule has 0 radical (unpaired) electrons. The number of hydrogen-bond donors (Lipinski definition) is 1. The third-order valence-corrected chi connectivity index (χ3v) is 4.83. The molecular weight excluding hydrogens is 347 g/mol. The van der Waals surface area contributed by atoms with Crippen LogP contribution in [0, 0.1) is 5.82 Å². The van der Waals surface area contributed by atoms with Crippen molar-refractivity contribution in [1.82, 2.24) is 14.7 Å². The Hall–Kier alpha value is -1.99. The normalized spacial score (nSPS) is 15.5. The van der Waals surface area contributed by atoms with Gasteiger partial charge in [0.2, 0.25) is 11.8 Å². The molecule has 0 saturated carbocycles. The molecule has 0 bridgehead atoms. The highest BCUT2D eigenvalue weighted by Crippen LogP contribution is 2.09. The highest BCUT2D eigenvalue weighted by Gasteiger charge is 2.22. The molecular formula is C20H31FN4O2. The Labute approximate surface area is 161 Å². The largest absolute Gasteiger partial charge is 0.342 e. The molecule has 1 aromatic carbocycles. The highest BCUT2D eigenvalue weighted by molar-refractivity contribution is 5.92. The summed E-state index contributed by atoms with van der Waals surface area (Å²) in [6.45, 7) is 9.55. The second kappa shape index (κ2) is 11.0. The Morgan fingerprint density at radius 3 is 2.19 bits per heavy atom. The molecule has 1 aliphatic rings. The first-order valence-electron chi connectivity index (χ1n) is 9.79. The number of unbranched alkanes of at least 4 members (excludes halogenated alkanes) is 1. The molecule has 0 unspecified atom stereocenters. The van der Waals surface area contributed by atoms with Crippen LogP contribution in [0.4, 0.5) is 10.1 Å². The van der Waals surface area contributed by atoms with Gasteiger partial charge < -0.3 is 10.2 Å². The average molecular weight is 378 g/mol. The number of likely N-dealkylation sites (N-methyl/N-ethyl adjacent to an activating group) is 1. The van der Waals surface area contributed by atoms with Gasteiger partial charge in [-0.1, -0.05) is 13.3 Å². The van der Waals surface area contributed by atoms with Crippen LogP contribution in [0.1, 0.15) is 26.7 Å². The molecule has 1 heterocycles. The molecule has 0 spiro atoms. The van der Waals surface area contributed by atoms with Crippen LogP contribution in [0.25, 0.3) is 0 Å². The molecule has 1 saturated heterocycles. The van der Waals surface area contributed by atoms with Crippen LogP contribution >= 0.6 is 0 Å². The summed E-state index contributed by atoms with van der Waals surface area (Å²) in [5.41, 5.74) is 0.595. The van der Waals surface area contributed by atoms with E-state index in [0.717, 1.165) is 52.1 Å². The van der Waals surface area contributed by atoms with Crippen molar-refractivity contribution in [3.63, 3.8) is 0 Å². The Kier molecular flexibility index (Phi) is 8.67. The molecule has 0 aromatic heterocycles. The van der Waals surface area contributed by atoms with Gasteiger partial charge in [0.05, 0.1) is 13.1 Å². The lowest BCUT2D eigenvalue weighted by atomic mass is 10.2. The maximum Gasteiger partial charge on any atom is 0.238 e. The second-order valence-corrected chi connectivity index (χ2v) is 6.93. The average Bonchev–Trinajstić information content (AvgIpc) is 2.66. The molecule has 7 heteroatoms. The van der Waals surface area contributed by atoms with Gasteiger partial charge in [-0.25, -0.2) is 4.39 Å². The van der Waals surface area contributed by atoms with E-state index in [1.54, 1.807) is 12.1 Å². The number of carbonyl (C=O) groups excluding carboxylic acids is 2. The monoisotopic (exact) mass is 378 g/mol. The van der Waals surface area contributed by atoms with E-state index in [0.29, 0.717) is 18.8 Å². The number of rotatable bonds is 9. The van der Waals surface area contributed by atoms with Gasteiger partial charge in [-0.05, 0) is 37.6 Å². The number of piperazine rings is 1. The zero-order valence-electron chi connectivity index (χ0n) is 16.4. The minimum absolute atomic E-state index is 0.108. The third-order valence-electron chi connectivity index (χ3n) is 4.83. The zero-order chi connectivity index (χ0) is 19.6. The van der Waals surface area contributed by atoms with Crippen molar-refractivity contribution >= 4 is 17.5 Å². The van der Waals surface area contributed by atoms with E-state index in [1.807, 2.05) is 11.8 Å². The quantitative estimate of drug-likeness (QED) is 0.714. The number of carbonyl (C=O) groups is 2. The lowest BCUT2D eigenvalue weighted by molar-refractivity contribution is -0.133. The molecule has 2 amide bonds. The SMILES string of the molecule is CCCCN(CC)C(=O)CN1CCN(CC(=O)Nc2ccc(F)cc2)CC1. The van der Waals surface area contributed by atoms with E-state index in [1.165, 1.54) is 12.1 Å². The predicted octanol–water partition coefficient (Wildman–Crippen LogP) is 2.03. The van der Waals surface area contributed by atoms with Crippen LogP contribution < -0.4 is 5.32 Å². The summed E-state index contributed by atoms with van der Waals surface area (Å²) in [6.07, 6.45) is 2.12. The summed E-state index contributed by atoms with van der Waals surface area (Å²) >= 11 is 0. The molecule has 27 heavy (non-hydrogen) atoms. The van der Waals surface area contributed by atoms with Crippen LogP contribution in [0.15, 0.2) is 24.3 Å². The Balaban J connectivity index is 1.70. The summed E-state index contributed by atoms with van der Waals surface area (Å²) in [6, 6.07) is 5.75. The van der Waals surface area contributed by atoms with E-state index < -0.39 is 0 Å². The summed E-state index contributed by atoms with van der Waals surface area (Å²) in [7, 11) is 0. The maximum absolute atomic E-state index is 12.9. The predicted molar refractivity (Wildman–Crippen MR) is 105 cm³/mol. The van der Waals surface area contributed by atoms with Crippen molar-refractivity contribution in [2.24, 2.45) is 0 Å². The lowest BCUT2D eigenvalue weighted by Gasteiger charge is -2.35. The number of benzene rings is 1. The number of amides is 2. The topological polar surface area (TPSA) is 55.9 Å². The number of nitrogens with zero attached hydrogens (tertiary/aromatic N) is 3. The number of nitrogens with one attached hydrogen (secondary N) is 1. The Morgan fingerprint density at radius 2 is 1.63 bits per heavy atom. The van der Waals surface area contributed by atoms with Crippen LogP contribution in [0.3, 0.4) is 0 Å². The van der Waals surface area contributed by atoms with Crippen LogP contribution in [0.2, 0.25) is 0 Å². The number of hydrogen-bond acceptors (Lipinski definition) is 4. The van der Waals surface area contributed by atoms with Gasteiger partial charge in [0.25, 0.3) is 0 Å². The van der Waals surface area contributed by atoms with E-state index >= 15 is 0 Å². The highest BCUT2D eigenvalue weighted by atomic mass is 19.1. The first-order chi connectivity index (χ1) is 13.0. The fraction of sp³-hybridized carbons (Fsp3) is 0.600. The van der Waals surface area contributed by atoms with Crippen molar-refractivity contribution in [2.75, 3.05) is 57.7 Å². The summed E-state index contributed by atoms with van der Waals surface area (Å²) < 4.78 is 12.9. The Morgan fingerprint density at radius 1 is 1.04 bits per heavy atom. The zero-order valence-corrected chi connectivity index (χ0v) is 16.4. The second-order valence-electron chi connectivity index (χ2n) is 6.93. The van der Waals surface area contributed by atoms with Gasteiger partial charge in [-0.15, -0.1) is 0 Å². The summed E-state index contributed by atoms with van der Waals surface area (Å²) in [5, 5.41) is 2.78. The molecule has 1 aliphatic heterocycles. The van der Waals surface area contributed by atoms with Gasteiger partial charge in [0.1, 0.15) is 5.82 Å². The lowest BCUT2D eigenvalue weighted by Crippen LogP contribution is -2.51. The molecule has 150 valence electrons. The molecule has 1 fully saturated rings. The first kappa shape index (κ1) is 21.3. The Bertz CT molecular complexity index is 601. The molecule has 6 nitrogen and oxygen atoms in total. The van der Waals surface area contributed by atoms with Gasteiger partial charge in [-0.3, -0.25) is 19.4 Å². The van der Waals surface area contributed by atoms with E-state index in [4.69, 9.17) is 0 Å². The van der Waals surface area contributed by atoms with Crippen molar-refractivity contribution < 1.29 is 14.0 Å². The molecule has 2 rings (SSSR count). The van der Waals surface area contributed by atoms with E-state index in [2.05, 4.69) is 22.0 Å². The van der Waals surface area contributed by atoms with E-state index in [9.17, 15) is 14.0 Å². The molecule has 1 aromatic rings. The maximum atomic E-state index is 12.9. The fourth-order valence-electron chi connectivity index (χ4n) is 3.14. The summed E-state index contributed by atoms with van der Waals surface area (Å²) in [4.78, 5) is 30.7. The molecule has 0 atom stereocenters.